The largest absolute Gasteiger partial charge is 0.383 e. The molecule has 1 amide bonds. The molecule has 0 saturated heterocycles. The molecule has 0 fully saturated rings. The standard InChI is InChI=1S/C15H17N3O2/c1-20-10-9-18(8-2-6-16)15(19)13-4-3-12-5-7-17-14(12)11-13/h3-5,7,11,17H,2,8-10H2,1H3. The van der Waals surface area contributed by atoms with Crippen LogP contribution in [0.5, 0.6) is 0 Å². The van der Waals surface area contributed by atoms with Crippen molar-refractivity contribution in [3.8, 4) is 6.07 Å². The van der Waals surface area contributed by atoms with Crippen LogP contribution in [0.15, 0.2) is 30.5 Å². The molecule has 2 rings (SSSR count). The van der Waals surface area contributed by atoms with Gasteiger partial charge >= 0.3 is 0 Å². The van der Waals surface area contributed by atoms with Gasteiger partial charge in [-0.3, -0.25) is 4.79 Å². The Kier molecular flexibility index (Phi) is 4.75. The summed E-state index contributed by atoms with van der Waals surface area (Å²) in [6.45, 7) is 1.36. The fourth-order valence-corrected chi connectivity index (χ4v) is 2.06. The number of carbonyl (C=O) groups excluding carboxylic acids is 1. The molecule has 104 valence electrons. The number of rotatable bonds is 6. The molecule has 20 heavy (non-hydrogen) atoms. The third kappa shape index (κ3) is 3.16. The van der Waals surface area contributed by atoms with Crippen LogP contribution in [0.4, 0.5) is 0 Å². The Hall–Kier alpha value is -2.32. The van der Waals surface area contributed by atoms with E-state index in [4.69, 9.17) is 10.00 Å². The van der Waals surface area contributed by atoms with Gasteiger partial charge in [-0.25, -0.2) is 0 Å². The van der Waals surface area contributed by atoms with E-state index < -0.39 is 0 Å². The molecule has 1 aromatic heterocycles. The minimum atomic E-state index is -0.0752. The molecule has 0 saturated carbocycles. The van der Waals surface area contributed by atoms with Gasteiger partial charge in [0.2, 0.25) is 0 Å². The fourth-order valence-electron chi connectivity index (χ4n) is 2.06. The minimum absolute atomic E-state index is 0.0752. The first kappa shape index (κ1) is 14.1. The predicted molar refractivity (Wildman–Crippen MR) is 76.3 cm³/mol. The van der Waals surface area contributed by atoms with Crippen molar-refractivity contribution in [3.05, 3.63) is 36.0 Å². The Balaban J connectivity index is 2.18. The molecule has 5 nitrogen and oxygen atoms in total. The number of aromatic amines is 1. The van der Waals surface area contributed by atoms with Crippen molar-refractivity contribution in [2.24, 2.45) is 0 Å². The van der Waals surface area contributed by atoms with Gasteiger partial charge in [0.25, 0.3) is 5.91 Å². The summed E-state index contributed by atoms with van der Waals surface area (Å²) < 4.78 is 5.01. The quantitative estimate of drug-likeness (QED) is 0.875. The van der Waals surface area contributed by atoms with E-state index in [2.05, 4.69) is 11.1 Å². The van der Waals surface area contributed by atoms with Gasteiger partial charge in [0.1, 0.15) is 0 Å². The first-order valence-electron chi connectivity index (χ1n) is 6.48. The second-order valence-electron chi connectivity index (χ2n) is 4.47. The maximum Gasteiger partial charge on any atom is 0.254 e. The van der Waals surface area contributed by atoms with Crippen molar-refractivity contribution < 1.29 is 9.53 Å². The fraction of sp³-hybridized carbons (Fsp3) is 0.333. The van der Waals surface area contributed by atoms with Crippen molar-refractivity contribution in [2.45, 2.75) is 6.42 Å². The molecule has 1 heterocycles. The number of aromatic nitrogens is 1. The number of benzene rings is 1. The SMILES string of the molecule is COCCN(CCC#N)C(=O)c1ccc2cc[nH]c2c1. The zero-order valence-corrected chi connectivity index (χ0v) is 11.4. The lowest BCUT2D eigenvalue weighted by atomic mass is 10.1. The molecule has 1 N–H and O–H groups in total. The number of nitrogens with zero attached hydrogens (tertiary/aromatic N) is 2. The number of fused-ring (bicyclic) bond motifs is 1. The molecule has 0 bridgehead atoms. The van der Waals surface area contributed by atoms with E-state index in [9.17, 15) is 4.79 Å². The van der Waals surface area contributed by atoms with Gasteiger partial charge in [-0.1, -0.05) is 6.07 Å². The van der Waals surface area contributed by atoms with Crippen LogP contribution in [0, 0.1) is 11.3 Å². The summed E-state index contributed by atoms with van der Waals surface area (Å²) in [5, 5.41) is 9.75. The number of carbonyl (C=O) groups is 1. The van der Waals surface area contributed by atoms with Crippen LogP contribution in [0.2, 0.25) is 0 Å². The number of ether oxygens (including phenoxy) is 1. The van der Waals surface area contributed by atoms with Gasteiger partial charge in [0.15, 0.2) is 0 Å². The Labute approximate surface area is 117 Å². The van der Waals surface area contributed by atoms with E-state index in [1.165, 1.54) is 0 Å². The van der Waals surface area contributed by atoms with Gasteiger partial charge in [-0.05, 0) is 23.6 Å². The number of amides is 1. The lowest BCUT2D eigenvalue weighted by Crippen LogP contribution is -2.34. The molecule has 0 aliphatic carbocycles. The van der Waals surface area contributed by atoms with Crippen LogP contribution in [0.25, 0.3) is 10.9 Å². The molecule has 5 heteroatoms. The number of methoxy groups -OCH3 is 1. The highest BCUT2D eigenvalue weighted by Gasteiger charge is 2.15. The highest BCUT2D eigenvalue weighted by atomic mass is 16.5. The molecule has 0 radical (unpaired) electrons. The van der Waals surface area contributed by atoms with E-state index in [0.29, 0.717) is 31.7 Å². The monoisotopic (exact) mass is 271 g/mol. The second-order valence-corrected chi connectivity index (χ2v) is 4.47. The highest BCUT2D eigenvalue weighted by molar-refractivity contribution is 5.97. The minimum Gasteiger partial charge on any atom is -0.383 e. The first-order valence-corrected chi connectivity index (χ1v) is 6.48. The van der Waals surface area contributed by atoms with E-state index >= 15 is 0 Å². The number of hydrogen-bond acceptors (Lipinski definition) is 3. The lowest BCUT2D eigenvalue weighted by molar-refractivity contribution is 0.0700. The van der Waals surface area contributed by atoms with Crippen LogP contribution in [-0.4, -0.2) is 42.6 Å². The molecular formula is C15H17N3O2. The zero-order chi connectivity index (χ0) is 14.4. The summed E-state index contributed by atoms with van der Waals surface area (Å²) in [5.74, 6) is -0.0752. The third-order valence-electron chi connectivity index (χ3n) is 3.15. The van der Waals surface area contributed by atoms with Crippen LogP contribution in [0.1, 0.15) is 16.8 Å². The summed E-state index contributed by atoms with van der Waals surface area (Å²) in [7, 11) is 1.60. The summed E-state index contributed by atoms with van der Waals surface area (Å²) in [5.41, 5.74) is 1.55. The van der Waals surface area contributed by atoms with Crippen LogP contribution >= 0.6 is 0 Å². The van der Waals surface area contributed by atoms with Gasteiger partial charge < -0.3 is 14.6 Å². The maximum atomic E-state index is 12.5. The summed E-state index contributed by atoms with van der Waals surface area (Å²) in [4.78, 5) is 17.2. The molecule has 0 atom stereocenters. The van der Waals surface area contributed by atoms with Crippen molar-refractivity contribution >= 4 is 16.8 Å². The van der Waals surface area contributed by atoms with E-state index in [1.54, 1.807) is 12.0 Å². The van der Waals surface area contributed by atoms with E-state index in [1.807, 2.05) is 30.5 Å². The van der Waals surface area contributed by atoms with Crippen molar-refractivity contribution in [2.75, 3.05) is 26.8 Å². The van der Waals surface area contributed by atoms with Crippen LogP contribution in [0.3, 0.4) is 0 Å². The van der Waals surface area contributed by atoms with Crippen molar-refractivity contribution in [1.29, 1.82) is 5.26 Å². The second kappa shape index (κ2) is 6.73. The average molecular weight is 271 g/mol. The van der Waals surface area contributed by atoms with Crippen LogP contribution in [-0.2, 0) is 4.74 Å². The predicted octanol–water partition coefficient (Wildman–Crippen LogP) is 2.17. The topological polar surface area (TPSA) is 69.1 Å². The third-order valence-corrected chi connectivity index (χ3v) is 3.15. The Morgan fingerprint density at radius 1 is 1.40 bits per heavy atom. The molecular weight excluding hydrogens is 254 g/mol. The molecule has 0 spiro atoms. The number of nitrogens with one attached hydrogen (secondary N) is 1. The maximum absolute atomic E-state index is 12.5. The zero-order valence-electron chi connectivity index (χ0n) is 11.4. The molecule has 1 aromatic carbocycles. The smallest absolute Gasteiger partial charge is 0.254 e. The molecule has 0 aliphatic heterocycles. The van der Waals surface area contributed by atoms with Crippen LogP contribution < -0.4 is 0 Å². The molecule has 0 aliphatic rings. The number of H-pyrrole nitrogens is 1. The summed E-state index contributed by atoms with van der Waals surface area (Å²) in [6, 6.07) is 9.59. The number of nitriles is 1. The average Bonchev–Trinajstić information content (AvgIpc) is 2.94. The van der Waals surface area contributed by atoms with Gasteiger partial charge in [-0.15, -0.1) is 0 Å². The Bertz CT molecular complexity index is 627. The van der Waals surface area contributed by atoms with Gasteiger partial charge in [-0.2, -0.15) is 5.26 Å². The number of hydrogen-bond donors (Lipinski definition) is 1. The van der Waals surface area contributed by atoms with Crippen molar-refractivity contribution in [3.63, 3.8) is 0 Å². The molecule has 2 aromatic rings. The molecule has 0 unspecified atom stereocenters. The van der Waals surface area contributed by atoms with Gasteiger partial charge in [0.05, 0.1) is 19.1 Å². The highest BCUT2D eigenvalue weighted by Crippen LogP contribution is 2.15. The summed E-state index contributed by atoms with van der Waals surface area (Å²) >= 11 is 0. The van der Waals surface area contributed by atoms with E-state index in [-0.39, 0.29) is 5.91 Å². The Morgan fingerprint density at radius 2 is 2.25 bits per heavy atom. The normalized spacial score (nSPS) is 10.4. The lowest BCUT2D eigenvalue weighted by Gasteiger charge is -2.21. The Morgan fingerprint density at radius 3 is 3.00 bits per heavy atom. The van der Waals surface area contributed by atoms with E-state index in [0.717, 1.165) is 10.9 Å². The van der Waals surface area contributed by atoms with Gasteiger partial charge in [0, 0.05) is 37.5 Å². The van der Waals surface area contributed by atoms with Crippen molar-refractivity contribution in [1.82, 2.24) is 9.88 Å². The summed E-state index contributed by atoms with van der Waals surface area (Å²) in [6.07, 6.45) is 2.16. The first-order chi connectivity index (χ1) is 9.76.